The minimum Gasteiger partial charge on any atom is -0.349 e. The Kier molecular flexibility index (Phi) is 5.75. The zero-order chi connectivity index (χ0) is 20.3. The first-order valence-electron chi connectivity index (χ1n) is 11.5. The number of aliphatic imine (C=N–C) groups is 1. The quantitative estimate of drug-likeness (QED) is 0.613. The molecule has 2 heterocycles. The number of hydrogen-bond acceptors (Lipinski definition) is 3. The highest BCUT2D eigenvalue weighted by molar-refractivity contribution is 5.79. The van der Waals surface area contributed by atoms with E-state index in [9.17, 15) is 0 Å². The maximum atomic E-state index is 4.57. The molecule has 5 rings (SSSR count). The fraction of sp³-hybridized carbons (Fsp3) is 0.583. The van der Waals surface area contributed by atoms with Crippen molar-refractivity contribution in [3.63, 3.8) is 0 Å². The van der Waals surface area contributed by atoms with Crippen molar-refractivity contribution >= 4 is 5.96 Å². The van der Waals surface area contributed by atoms with Crippen LogP contribution in [-0.2, 0) is 13.1 Å². The minimum absolute atomic E-state index is 0.694. The number of guanidine groups is 1. The number of piperazine rings is 1. The molecule has 6 nitrogen and oxygen atoms in total. The molecule has 6 heteroatoms. The van der Waals surface area contributed by atoms with Crippen molar-refractivity contribution in [1.82, 2.24) is 24.7 Å². The Morgan fingerprint density at radius 1 is 1.10 bits per heavy atom. The molecule has 0 radical (unpaired) electrons. The maximum Gasteiger partial charge on any atom is 0.194 e. The third kappa shape index (κ3) is 4.10. The van der Waals surface area contributed by atoms with Gasteiger partial charge in [0.2, 0.25) is 0 Å². The molecule has 1 aromatic heterocycles. The Hall–Kier alpha value is -2.34. The second-order valence-corrected chi connectivity index (χ2v) is 9.12. The van der Waals surface area contributed by atoms with E-state index in [0.717, 1.165) is 62.4 Å². The summed E-state index contributed by atoms with van der Waals surface area (Å²) in [5, 5.41) is 3.55. The topological polar surface area (TPSA) is 48.7 Å². The summed E-state index contributed by atoms with van der Waals surface area (Å²) < 4.78 is 2.21. The highest BCUT2D eigenvalue weighted by Crippen LogP contribution is 2.46. The number of nitrogens with one attached hydrogen (secondary N) is 1. The van der Waals surface area contributed by atoms with Gasteiger partial charge >= 0.3 is 0 Å². The van der Waals surface area contributed by atoms with E-state index in [4.69, 9.17) is 0 Å². The van der Waals surface area contributed by atoms with E-state index in [1.807, 2.05) is 13.2 Å². The molecule has 0 amide bonds. The first-order chi connectivity index (χ1) is 14.8. The van der Waals surface area contributed by atoms with Gasteiger partial charge in [0, 0.05) is 58.2 Å². The van der Waals surface area contributed by atoms with Crippen molar-refractivity contribution in [2.45, 2.75) is 44.8 Å². The Morgan fingerprint density at radius 3 is 2.63 bits per heavy atom. The summed E-state index contributed by atoms with van der Waals surface area (Å²) in [7, 11) is 1.89. The average molecular weight is 407 g/mol. The fourth-order valence-corrected chi connectivity index (χ4v) is 5.85. The van der Waals surface area contributed by atoms with Gasteiger partial charge in [-0.1, -0.05) is 36.8 Å². The van der Waals surface area contributed by atoms with Crippen LogP contribution in [0.4, 0.5) is 0 Å². The molecule has 3 atom stereocenters. The Balaban J connectivity index is 1.14. The molecule has 1 aliphatic heterocycles. The second kappa shape index (κ2) is 8.80. The van der Waals surface area contributed by atoms with Gasteiger partial charge in [0.25, 0.3) is 0 Å². The van der Waals surface area contributed by atoms with Crippen LogP contribution < -0.4 is 5.32 Å². The molecule has 3 fully saturated rings. The molecular formula is C24H34N6. The number of imidazole rings is 1. The molecule has 2 bridgehead atoms. The van der Waals surface area contributed by atoms with Crippen molar-refractivity contribution in [3.8, 4) is 0 Å². The summed E-state index contributed by atoms with van der Waals surface area (Å²) in [5.41, 5.74) is 1.29. The van der Waals surface area contributed by atoms with E-state index in [1.165, 1.54) is 31.2 Å². The van der Waals surface area contributed by atoms with Gasteiger partial charge in [0.15, 0.2) is 5.96 Å². The standard InChI is InChI=1S/C24H34N6/c1-25-24(27-17-23-26-9-10-30(23)18-19-5-3-2-4-6-19)29-13-11-28(12-14-29)22-16-20-7-8-21(22)15-20/h2-6,9-10,20-22H,7-8,11-18H2,1H3,(H,25,27). The zero-order valence-electron chi connectivity index (χ0n) is 18.1. The summed E-state index contributed by atoms with van der Waals surface area (Å²) in [6.07, 6.45) is 9.83. The van der Waals surface area contributed by atoms with Crippen molar-refractivity contribution in [1.29, 1.82) is 0 Å². The first-order valence-corrected chi connectivity index (χ1v) is 11.5. The zero-order valence-corrected chi connectivity index (χ0v) is 18.1. The smallest absolute Gasteiger partial charge is 0.194 e. The van der Waals surface area contributed by atoms with Gasteiger partial charge in [-0.15, -0.1) is 0 Å². The van der Waals surface area contributed by atoms with Crippen LogP contribution in [0.15, 0.2) is 47.7 Å². The van der Waals surface area contributed by atoms with E-state index >= 15 is 0 Å². The first kappa shape index (κ1) is 19.6. The third-order valence-electron chi connectivity index (χ3n) is 7.40. The lowest BCUT2D eigenvalue weighted by atomic mass is 9.93. The molecular weight excluding hydrogens is 372 g/mol. The van der Waals surface area contributed by atoms with Crippen molar-refractivity contribution in [2.75, 3.05) is 33.2 Å². The van der Waals surface area contributed by atoms with Crippen LogP contribution in [0.1, 0.15) is 37.1 Å². The lowest BCUT2D eigenvalue weighted by Crippen LogP contribution is -2.55. The monoisotopic (exact) mass is 406 g/mol. The van der Waals surface area contributed by atoms with E-state index in [-0.39, 0.29) is 0 Å². The number of hydrogen-bond donors (Lipinski definition) is 1. The summed E-state index contributed by atoms with van der Waals surface area (Å²) in [5.74, 6) is 4.03. The van der Waals surface area contributed by atoms with Crippen molar-refractivity contribution in [2.24, 2.45) is 16.8 Å². The predicted molar refractivity (Wildman–Crippen MR) is 120 cm³/mol. The fourth-order valence-electron chi connectivity index (χ4n) is 5.85. The van der Waals surface area contributed by atoms with E-state index < -0.39 is 0 Å². The summed E-state index contributed by atoms with van der Waals surface area (Å²) in [6, 6.07) is 11.4. The molecule has 1 saturated heterocycles. The lowest BCUT2D eigenvalue weighted by molar-refractivity contribution is 0.0958. The second-order valence-electron chi connectivity index (χ2n) is 9.12. The molecule has 30 heavy (non-hydrogen) atoms. The van der Waals surface area contributed by atoms with Gasteiger partial charge < -0.3 is 14.8 Å². The molecule has 2 aromatic rings. The number of rotatable bonds is 5. The van der Waals surface area contributed by atoms with Crippen molar-refractivity contribution in [3.05, 3.63) is 54.1 Å². The molecule has 160 valence electrons. The van der Waals surface area contributed by atoms with Gasteiger partial charge in [-0.05, 0) is 36.7 Å². The summed E-state index contributed by atoms with van der Waals surface area (Å²) in [4.78, 5) is 14.3. The summed E-state index contributed by atoms with van der Waals surface area (Å²) >= 11 is 0. The van der Waals surface area contributed by atoms with Crippen LogP contribution in [0.25, 0.3) is 0 Å². The van der Waals surface area contributed by atoms with Crippen LogP contribution in [0.2, 0.25) is 0 Å². The molecule has 3 aliphatic rings. The lowest BCUT2D eigenvalue weighted by Gasteiger charge is -2.41. The van der Waals surface area contributed by atoms with Gasteiger partial charge in [-0.2, -0.15) is 0 Å². The predicted octanol–water partition coefficient (Wildman–Crippen LogP) is 2.81. The molecule has 0 spiro atoms. The van der Waals surface area contributed by atoms with Gasteiger partial charge in [-0.3, -0.25) is 9.89 Å². The van der Waals surface area contributed by atoms with Crippen LogP contribution in [-0.4, -0.2) is 64.6 Å². The van der Waals surface area contributed by atoms with Crippen LogP contribution >= 0.6 is 0 Å². The maximum absolute atomic E-state index is 4.57. The van der Waals surface area contributed by atoms with Gasteiger partial charge in [0.1, 0.15) is 5.82 Å². The average Bonchev–Trinajstić information content (AvgIpc) is 3.53. The van der Waals surface area contributed by atoms with Gasteiger partial charge in [0.05, 0.1) is 6.54 Å². The SMILES string of the molecule is CN=C(NCc1nccn1Cc1ccccc1)N1CCN(C2CC3CCC2C3)CC1. The van der Waals surface area contributed by atoms with Crippen LogP contribution in [0.3, 0.4) is 0 Å². The van der Waals surface area contributed by atoms with Crippen molar-refractivity contribution < 1.29 is 0 Å². The number of fused-ring (bicyclic) bond motifs is 2. The third-order valence-corrected chi connectivity index (χ3v) is 7.40. The Labute approximate surface area is 180 Å². The Bertz CT molecular complexity index is 852. The normalized spacial score (nSPS) is 27.0. The van der Waals surface area contributed by atoms with E-state index in [1.54, 1.807) is 0 Å². The van der Waals surface area contributed by atoms with Gasteiger partial charge in [-0.25, -0.2) is 4.98 Å². The van der Waals surface area contributed by atoms with E-state index in [2.05, 4.69) is 66.2 Å². The molecule has 2 saturated carbocycles. The highest BCUT2D eigenvalue weighted by atomic mass is 15.4. The largest absolute Gasteiger partial charge is 0.349 e. The Morgan fingerprint density at radius 2 is 1.93 bits per heavy atom. The number of benzene rings is 1. The van der Waals surface area contributed by atoms with Crippen LogP contribution in [0, 0.1) is 11.8 Å². The molecule has 2 aliphatic carbocycles. The number of aromatic nitrogens is 2. The number of nitrogens with zero attached hydrogens (tertiary/aromatic N) is 5. The molecule has 1 N–H and O–H groups in total. The van der Waals surface area contributed by atoms with E-state index in [0.29, 0.717) is 6.54 Å². The van der Waals surface area contributed by atoms with Crippen LogP contribution in [0.5, 0.6) is 0 Å². The minimum atomic E-state index is 0.694. The molecule has 3 unspecified atom stereocenters. The summed E-state index contributed by atoms with van der Waals surface area (Å²) in [6.45, 7) is 5.99. The highest BCUT2D eigenvalue weighted by Gasteiger charge is 2.42. The molecule has 1 aromatic carbocycles.